The Morgan fingerprint density at radius 3 is 2.54 bits per heavy atom. The molecule has 2 unspecified atom stereocenters. The highest BCUT2D eigenvalue weighted by atomic mass is 35.5. The third-order valence-electron chi connectivity index (χ3n) is 6.89. The Balaban J connectivity index is 1.21. The Kier molecular flexibility index (Phi) is 6.57. The number of carbonyl (C=O) groups is 1. The maximum absolute atomic E-state index is 13.7. The summed E-state index contributed by atoms with van der Waals surface area (Å²) in [4.78, 5) is 18.8. The van der Waals surface area contributed by atoms with Crippen molar-refractivity contribution < 1.29 is 13.9 Å². The number of pyridine rings is 1. The molecule has 1 aromatic heterocycles. The van der Waals surface area contributed by atoms with Crippen LogP contribution in [0.1, 0.15) is 11.1 Å². The van der Waals surface area contributed by atoms with Gasteiger partial charge in [-0.1, -0.05) is 47.5 Å². The molecule has 1 aliphatic carbocycles. The first-order valence-electron chi connectivity index (χ1n) is 11.4. The molecular weight excluding hydrogens is 490 g/mol. The van der Waals surface area contributed by atoms with Crippen LogP contribution in [-0.4, -0.2) is 41.5 Å². The molecule has 6 nitrogen and oxygen atoms in total. The molecule has 1 amide bonds. The standard InChI is InChI=1S/C26H25Cl2FN4O2/c27-20-5-6-21(29)24(28)17(20)7-8-35-22-10-16(11-32-26(22)31)15-3-1-14(2-4-15)9-23(34)33-12-18-19(13-33)25(18)30/h1-6,10-11,18-19,25H,7-9,12-13,30H2,(H2,31,32). The Labute approximate surface area is 213 Å². The lowest BCUT2D eigenvalue weighted by atomic mass is 10.0. The topological polar surface area (TPSA) is 94.5 Å². The lowest BCUT2D eigenvalue weighted by Crippen LogP contribution is -2.34. The van der Waals surface area contributed by atoms with Crippen LogP contribution in [0, 0.1) is 17.7 Å². The third kappa shape index (κ3) is 4.94. The number of nitrogens with zero attached hydrogens (tertiary/aromatic N) is 2. The molecular formula is C26H25Cl2FN4O2. The van der Waals surface area contributed by atoms with E-state index in [-0.39, 0.29) is 29.4 Å². The molecule has 3 aromatic rings. The van der Waals surface area contributed by atoms with Gasteiger partial charge in [0, 0.05) is 42.3 Å². The van der Waals surface area contributed by atoms with Crippen molar-refractivity contribution in [1.29, 1.82) is 0 Å². The van der Waals surface area contributed by atoms with Crippen LogP contribution >= 0.6 is 23.2 Å². The first-order chi connectivity index (χ1) is 16.8. The zero-order chi connectivity index (χ0) is 24.7. The van der Waals surface area contributed by atoms with Crippen molar-refractivity contribution in [2.75, 3.05) is 25.4 Å². The van der Waals surface area contributed by atoms with Crippen LogP contribution in [0.4, 0.5) is 10.2 Å². The number of benzene rings is 2. The largest absolute Gasteiger partial charge is 0.489 e. The Bertz CT molecular complexity index is 1260. The van der Waals surface area contributed by atoms with E-state index in [1.807, 2.05) is 29.2 Å². The molecule has 2 fully saturated rings. The molecule has 0 radical (unpaired) electrons. The number of carbonyl (C=O) groups excluding carboxylic acids is 1. The van der Waals surface area contributed by atoms with Crippen LogP contribution in [0.3, 0.4) is 0 Å². The lowest BCUT2D eigenvalue weighted by Gasteiger charge is -2.19. The van der Waals surface area contributed by atoms with Gasteiger partial charge in [0.2, 0.25) is 5.91 Å². The van der Waals surface area contributed by atoms with Gasteiger partial charge in [-0.3, -0.25) is 4.79 Å². The zero-order valence-corrected chi connectivity index (χ0v) is 20.4. The molecule has 182 valence electrons. The summed E-state index contributed by atoms with van der Waals surface area (Å²) in [6.07, 6.45) is 2.35. The summed E-state index contributed by atoms with van der Waals surface area (Å²) in [7, 11) is 0. The number of hydrogen-bond donors (Lipinski definition) is 2. The van der Waals surface area contributed by atoms with Crippen LogP contribution in [0.15, 0.2) is 48.7 Å². The minimum Gasteiger partial charge on any atom is -0.489 e. The molecule has 0 spiro atoms. The predicted molar refractivity (Wildman–Crippen MR) is 135 cm³/mol. The average molecular weight is 515 g/mol. The molecule has 4 N–H and O–H groups in total. The van der Waals surface area contributed by atoms with Crippen molar-refractivity contribution in [3.8, 4) is 16.9 Å². The fourth-order valence-corrected chi connectivity index (χ4v) is 5.23. The van der Waals surface area contributed by atoms with Gasteiger partial charge in [0.15, 0.2) is 11.6 Å². The van der Waals surface area contributed by atoms with E-state index in [2.05, 4.69) is 4.98 Å². The summed E-state index contributed by atoms with van der Waals surface area (Å²) >= 11 is 12.2. The van der Waals surface area contributed by atoms with E-state index in [1.165, 1.54) is 12.1 Å². The first-order valence-corrected chi connectivity index (χ1v) is 12.2. The van der Waals surface area contributed by atoms with Crippen molar-refractivity contribution in [1.82, 2.24) is 9.88 Å². The van der Waals surface area contributed by atoms with E-state index in [0.717, 1.165) is 29.8 Å². The smallest absolute Gasteiger partial charge is 0.227 e. The van der Waals surface area contributed by atoms with Crippen molar-refractivity contribution in [2.24, 2.45) is 17.6 Å². The minimum absolute atomic E-state index is 0.00961. The molecule has 1 saturated heterocycles. The van der Waals surface area contributed by atoms with E-state index < -0.39 is 5.82 Å². The number of nitrogen functional groups attached to an aromatic ring is 1. The van der Waals surface area contributed by atoms with Gasteiger partial charge >= 0.3 is 0 Å². The molecule has 2 heterocycles. The second kappa shape index (κ2) is 9.64. The number of aromatic nitrogens is 1. The van der Waals surface area contributed by atoms with Crippen LogP contribution in [0.25, 0.3) is 11.1 Å². The number of ether oxygens (including phenoxy) is 1. The molecule has 9 heteroatoms. The molecule has 35 heavy (non-hydrogen) atoms. The summed E-state index contributed by atoms with van der Waals surface area (Å²) in [6.45, 7) is 1.75. The van der Waals surface area contributed by atoms with Gasteiger partial charge in [-0.05, 0) is 46.7 Å². The number of rotatable bonds is 7. The maximum atomic E-state index is 13.7. The number of amides is 1. The highest BCUT2D eigenvalue weighted by Gasteiger charge is 2.54. The zero-order valence-electron chi connectivity index (χ0n) is 18.9. The van der Waals surface area contributed by atoms with Gasteiger partial charge in [-0.2, -0.15) is 0 Å². The van der Waals surface area contributed by atoms with Gasteiger partial charge in [0.1, 0.15) is 5.82 Å². The van der Waals surface area contributed by atoms with Gasteiger partial charge in [-0.15, -0.1) is 0 Å². The number of anilines is 1. The third-order valence-corrected chi connectivity index (χ3v) is 7.65. The lowest BCUT2D eigenvalue weighted by molar-refractivity contribution is -0.129. The van der Waals surface area contributed by atoms with Crippen molar-refractivity contribution in [2.45, 2.75) is 18.9 Å². The Morgan fingerprint density at radius 1 is 1.11 bits per heavy atom. The van der Waals surface area contributed by atoms with E-state index in [1.54, 1.807) is 12.3 Å². The van der Waals surface area contributed by atoms with E-state index in [9.17, 15) is 9.18 Å². The molecule has 1 saturated carbocycles. The van der Waals surface area contributed by atoms with Gasteiger partial charge in [0.25, 0.3) is 0 Å². The first kappa shape index (κ1) is 23.9. The summed E-state index contributed by atoms with van der Waals surface area (Å²) < 4.78 is 19.6. The molecule has 2 aromatic carbocycles. The van der Waals surface area contributed by atoms with Crippen molar-refractivity contribution >= 4 is 34.9 Å². The van der Waals surface area contributed by atoms with E-state index in [4.69, 9.17) is 39.4 Å². The highest BCUT2D eigenvalue weighted by Crippen LogP contribution is 2.43. The number of fused-ring (bicyclic) bond motifs is 1. The van der Waals surface area contributed by atoms with Crippen molar-refractivity contribution in [3.63, 3.8) is 0 Å². The fraction of sp³-hybridized carbons (Fsp3) is 0.308. The SMILES string of the molecule is Nc1ncc(-c2ccc(CC(=O)N3CC4C(N)C4C3)cc2)cc1OCCc1c(Cl)ccc(F)c1Cl. The predicted octanol–water partition coefficient (Wildman–Crippen LogP) is 4.36. The molecule has 5 rings (SSSR count). The second-order valence-electron chi connectivity index (χ2n) is 9.11. The summed E-state index contributed by atoms with van der Waals surface area (Å²) in [5.74, 6) is 1.24. The summed E-state index contributed by atoms with van der Waals surface area (Å²) in [5, 5.41) is 0.369. The molecule has 2 aliphatic rings. The quantitative estimate of drug-likeness (QED) is 0.457. The van der Waals surface area contributed by atoms with E-state index >= 15 is 0 Å². The molecule has 2 atom stereocenters. The minimum atomic E-state index is -0.527. The van der Waals surface area contributed by atoms with Gasteiger partial charge < -0.3 is 21.1 Å². The second-order valence-corrected chi connectivity index (χ2v) is 9.89. The van der Waals surface area contributed by atoms with Gasteiger partial charge in [-0.25, -0.2) is 9.37 Å². The summed E-state index contributed by atoms with van der Waals surface area (Å²) in [6, 6.07) is 12.6. The van der Waals surface area contributed by atoms with Crippen molar-refractivity contribution in [3.05, 3.63) is 75.7 Å². The number of piperidine rings is 1. The molecule has 1 aliphatic heterocycles. The van der Waals surface area contributed by atoms with Crippen LogP contribution in [0.2, 0.25) is 10.0 Å². The average Bonchev–Trinajstić information content (AvgIpc) is 3.24. The highest BCUT2D eigenvalue weighted by molar-refractivity contribution is 6.36. The number of hydrogen-bond acceptors (Lipinski definition) is 5. The van der Waals surface area contributed by atoms with Gasteiger partial charge in [0.05, 0.1) is 18.1 Å². The van der Waals surface area contributed by atoms with E-state index in [0.29, 0.717) is 41.0 Å². The normalized spacial score (nSPS) is 20.6. The Morgan fingerprint density at radius 2 is 1.83 bits per heavy atom. The number of likely N-dealkylation sites (tertiary alicyclic amines) is 1. The maximum Gasteiger partial charge on any atom is 0.227 e. The number of nitrogens with two attached hydrogens (primary N) is 2. The Hall–Kier alpha value is -2.87. The number of halogens is 3. The summed E-state index contributed by atoms with van der Waals surface area (Å²) in [5.41, 5.74) is 15.1. The molecule has 0 bridgehead atoms. The monoisotopic (exact) mass is 514 g/mol. The van der Waals surface area contributed by atoms with Crippen LogP contribution in [0.5, 0.6) is 5.75 Å². The van der Waals surface area contributed by atoms with Crippen LogP contribution in [-0.2, 0) is 17.6 Å². The van der Waals surface area contributed by atoms with Crippen LogP contribution < -0.4 is 16.2 Å². The fourth-order valence-electron chi connectivity index (χ4n) is 4.67.